The summed E-state index contributed by atoms with van der Waals surface area (Å²) < 4.78 is 12.6. The van der Waals surface area contributed by atoms with Crippen LogP contribution in [0.5, 0.6) is 11.5 Å². The first-order valence-corrected chi connectivity index (χ1v) is 11.3. The number of amides is 2. The van der Waals surface area contributed by atoms with Gasteiger partial charge in [0.2, 0.25) is 18.1 Å². The van der Waals surface area contributed by atoms with E-state index in [0.717, 1.165) is 5.56 Å². The third-order valence-corrected chi connectivity index (χ3v) is 5.79. The maximum absolute atomic E-state index is 13.3. The van der Waals surface area contributed by atoms with E-state index in [1.807, 2.05) is 37.3 Å². The number of aliphatic hydroxyl groups excluding tert-OH is 2. The molecule has 2 atom stereocenters. The van der Waals surface area contributed by atoms with E-state index < -0.39 is 36.0 Å². The minimum absolute atomic E-state index is 0.0561. The van der Waals surface area contributed by atoms with Crippen LogP contribution in [0.25, 0.3) is 10.9 Å². The van der Waals surface area contributed by atoms with Gasteiger partial charge < -0.3 is 34.9 Å². The van der Waals surface area contributed by atoms with E-state index in [-0.39, 0.29) is 25.3 Å². The Hall–Kier alpha value is -3.89. The Kier molecular flexibility index (Phi) is 7.33. The van der Waals surface area contributed by atoms with Crippen LogP contribution < -0.4 is 25.5 Å². The van der Waals surface area contributed by atoms with E-state index in [1.165, 1.54) is 6.20 Å². The lowest BCUT2D eigenvalue weighted by Crippen LogP contribution is -2.50. The fourth-order valence-corrected chi connectivity index (χ4v) is 3.90. The van der Waals surface area contributed by atoms with Crippen LogP contribution in [0.15, 0.2) is 53.5 Å². The molecule has 1 aliphatic rings. The number of pyridine rings is 1. The van der Waals surface area contributed by atoms with E-state index in [4.69, 9.17) is 14.6 Å². The van der Waals surface area contributed by atoms with Crippen LogP contribution in [-0.2, 0) is 17.8 Å². The summed E-state index contributed by atoms with van der Waals surface area (Å²) in [4.78, 5) is 39.4. The standard InChI is InChI=1S/C25H27N3O7/c1-2-28-12-18(23(31)17-9-21-22(10-20(17)28)35-14-34-21)24(32)27-19(8-15-6-4-3-5-7-15)25(33)26-11-16(30)13-29/h3-7,9-10,12,16,19,29-30H,2,8,11,13-14H2,1H3,(H,26,33)(H,27,32)/t16?,19-/m0/s1. The number of carbonyl (C=O) groups is 2. The van der Waals surface area contributed by atoms with Gasteiger partial charge in [-0.05, 0) is 18.6 Å². The Morgan fingerprint density at radius 3 is 2.54 bits per heavy atom. The first kappa shape index (κ1) is 24.2. The molecule has 0 fully saturated rings. The van der Waals surface area contributed by atoms with E-state index in [0.29, 0.717) is 28.9 Å². The van der Waals surface area contributed by atoms with Gasteiger partial charge in [-0.3, -0.25) is 14.4 Å². The van der Waals surface area contributed by atoms with Crippen molar-refractivity contribution in [3.63, 3.8) is 0 Å². The number of aliphatic hydroxyl groups is 2. The number of ether oxygens (including phenoxy) is 2. The zero-order chi connectivity index (χ0) is 24.9. The van der Waals surface area contributed by atoms with Crippen LogP contribution in [0.3, 0.4) is 0 Å². The Morgan fingerprint density at radius 1 is 1.14 bits per heavy atom. The molecule has 3 aromatic rings. The average molecular weight is 482 g/mol. The average Bonchev–Trinajstić information content (AvgIpc) is 3.34. The second-order valence-electron chi connectivity index (χ2n) is 8.18. The molecule has 1 unspecified atom stereocenters. The summed E-state index contributed by atoms with van der Waals surface area (Å²) in [5.41, 5.74) is 0.803. The molecular weight excluding hydrogens is 454 g/mol. The van der Waals surface area contributed by atoms with Gasteiger partial charge in [0.1, 0.15) is 11.6 Å². The Labute approximate surface area is 201 Å². The lowest BCUT2D eigenvalue weighted by Gasteiger charge is -2.20. The SMILES string of the molecule is CCn1cc(C(=O)N[C@@H](Cc2ccccc2)C(=O)NCC(O)CO)c(=O)c2cc3c(cc21)OCO3. The highest BCUT2D eigenvalue weighted by Crippen LogP contribution is 2.35. The molecule has 0 radical (unpaired) electrons. The van der Waals surface area contributed by atoms with Gasteiger partial charge in [0.05, 0.1) is 23.6 Å². The number of carbonyl (C=O) groups excluding carboxylic acids is 2. The Bertz CT molecular complexity index is 1290. The number of hydrogen-bond acceptors (Lipinski definition) is 7. The molecule has 0 saturated heterocycles. The highest BCUT2D eigenvalue weighted by atomic mass is 16.7. The highest BCUT2D eigenvalue weighted by Gasteiger charge is 2.25. The monoisotopic (exact) mass is 481 g/mol. The summed E-state index contributed by atoms with van der Waals surface area (Å²) in [7, 11) is 0. The zero-order valence-electron chi connectivity index (χ0n) is 19.2. The quantitative estimate of drug-likeness (QED) is 0.350. The molecule has 2 amide bonds. The maximum atomic E-state index is 13.3. The van der Waals surface area contributed by atoms with Crippen molar-refractivity contribution in [2.75, 3.05) is 19.9 Å². The number of nitrogens with one attached hydrogen (secondary N) is 2. The van der Waals surface area contributed by atoms with Gasteiger partial charge >= 0.3 is 0 Å². The summed E-state index contributed by atoms with van der Waals surface area (Å²) in [5.74, 6) is -0.287. The van der Waals surface area contributed by atoms with E-state index in [2.05, 4.69) is 10.6 Å². The number of aryl methyl sites for hydroxylation is 1. The zero-order valence-corrected chi connectivity index (χ0v) is 19.2. The number of benzene rings is 2. The Balaban J connectivity index is 1.65. The van der Waals surface area contributed by atoms with Crippen molar-refractivity contribution < 1.29 is 29.3 Å². The number of rotatable bonds is 9. The molecule has 4 rings (SSSR count). The molecule has 0 saturated carbocycles. The van der Waals surface area contributed by atoms with Crippen molar-refractivity contribution >= 4 is 22.7 Å². The minimum Gasteiger partial charge on any atom is -0.454 e. The highest BCUT2D eigenvalue weighted by molar-refractivity contribution is 6.00. The fraction of sp³-hybridized carbons (Fsp3) is 0.320. The van der Waals surface area contributed by atoms with Gasteiger partial charge in [-0.1, -0.05) is 30.3 Å². The second-order valence-corrected chi connectivity index (χ2v) is 8.18. The number of fused-ring (bicyclic) bond motifs is 2. The van der Waals surface area contributed by atoms with Crippen molar-refractivity contribution in [1.82, 2.24) is 15.2 Å². The first-order chi connectivity index (χ1) is 16.9. The summed E-state index contributed by atoms with van der Waals surface area (Å²) >= 11 is 0. The molecule has 0 bridgehead atoms. The normalized spacial score (nSPS) is 13.9. The van der Waals surface area contributed by atoms with E-state index >= 15 is 0 Å². The van der Waals surface area contributed by atoms with E-state index in [9.17, 15) is 19.5 Å². The number of aromatic nitrogens is 1. The van der Waals surface area contributed by atoms with Crippen molar-refractivity contribution in [2.24, 2.45) is 0 Å². The van der Waals surface area contributed by atoms with Crippen LogP contribution in [0.1, 0.15) is 22.8 Å². The van der Waals surface area contributed by atoms with Gasteiger partial charge in [0, 0.05) is 31.8 Å². The number of nitrogens with zero attached hydrogens (tertiary/aromatic N) is 1. The molecule has 35 heavy (non-hydrogen) atoms. The van der Waals surface area contributed by atoms with Gasteiger partial charge in [0.15, 0.2) is 11.5 Å². The van der Waals surface area contributed by atoms with Crippen LogP contribution in [0, 0.1) is 0 Å². The van der Waals surface area contributed by atoms with Crippen molar-refractivity contribution in [3.05, 3.63) is 70.0 Å². The maximum Gasteiger partial charge on any atom is 0.257 e. The van der Waals surface area contributed by atoms with Crippen LogP contribution >= 0.6 is 0 Å². The van der Waals surface area contributed by atoms with Gasteiger partial charge in [-0.2, -0.15) is 0 Å². The van der Waals surface area contributed by atoms with Gasteiger partial charge in [0.25, 0.3) is 5.91 Å². The molecule has 1 aliphatic heterocycles. The third-order valence-electron chi connectivity index (χ3n) is 5.79. The summed E-state index contributed by atoms with van der Waals surface area (Å²) in [6.45, 7) is 1.74. The van der Waals surface area contributed by atoms with Crippen molar-refractivity contribution in [1.29, 1.82) is 0 Å². The second kappa shape index (κ2) is 10.6. The summed E-state index contributed by atoms with van der Waals surface area (Å²) in [6.07, 6.45) is 0.508. The minimum atomic E-state index is -1.13. The molecule has 2 aromatic carbocycles. The molecule has 4 N–H and O–H groups in total. The summed E-state index contributed by atoms with van der Waals surface area (Å²) in [5, 5.41) is 24.1. The summed E-state index contributed by atoms with van der Waals surface area (Å²) in [6, 6.07) is 11.4. The molecule has 2 heterocycles. The van der Waals surface area contributed by atoms with E-state index in [1.54, 1.807) is 16.7 Å². The largest absolute Gasteiger partial charge is 0.454 e. The van der Waals surface area contributed by atoms with Crippen molar-refractivity contribution in [3.8, 4) is 11.5 Å². The molecular formula is C25H27N3O7. The predicted octanol–water partition coefficient (Wildman–Crippen LogP) is 0.561. The van der Waals surface area contributed by atoms with Crippen molar-refractivity contribution in [2.45, 2.75) is 32.0 Å². The lowest BCUT2D eigenvalue weighted by atomic mass is 10.0. The van der Waals surface area contributed by atoms with Gasteiger partial charge in [-0.15, -0.1) is 0 Å². The molecule has 0 spiro atoms. The van der Waals surface area contributed by atoms with Crippen LogP contribution in [-0.4, -0.2) is 58.7 Å². The molecule has 0 aliphatic carbocycles. The number of hydrogen-bond donors (Lipinski definition) is 4. The fourth-order valence-electron chi connectivity index (χ4n) is 3.90. The predicted molar refractivity (Wildman–Crippen MR) is 128 cm³/mol. The molecule has 1 aromatic heterocycles. The van der Waals surface area contributed by atoms with Gasteiger partial charge in [-0.25, -0.2) is 0 Å². The third kappa shape index (κ3) is 5.28. The molecule has 10 heteroatoms. The molecule has 184 valence electrons. The molecule has 10 nitrogen and oxygen atoms in total. The smallest absolute Gasteiger partial charge is 0.257 e. The Morgan fingerprint density at radius 2 is 1.86 bits per heavy atom. The van der Waals surface area contributed by atoms with Crippen LogP contribution in [0.2, 0.25) is 0 Å². The van der Waals surface area contributed by atoms with Crippen LogP contribution in [0.4, 0.5) is 0 Å². The first-order valence-electron chi connectivity index (χ1n) is 11.3. The lowest BCUT2D eigenvalue weighted by molar-refractivity contribution is -0.123. The topological polar surface area (TPSA) is 139 Å².